The van der Waals surface area contributed by atoms with Crippen molar-refractivity contribution in [3.8, 4) is 23.1 Å². The molecule has 0 aliphatic rings. The van der Waals surface area contributed by atoms with Crippen LogP contribution in [0.4, 0.5) is 0 Å². The highest BCUT2D eigenvalue weighted by molar-refractivity contribution is 7.11. The van der Waals surface area contributed by atoms with Crippen molar-refractivity contribution in [3.05, 3.63) is 69.5 Å². The summed E-state index contributed by atoms with van der Waals surface area (Å²) in [5, 5.41) is 12.7. The predicted octanol–water partition coefficient (Wildman–Crippen LogP) is 5.93. The normalized spacial score (nSPS) is 11.2. The topological polar surface area (TPSA) is 45.9 Å². The third-order valence-corrected chi connectivity index (χ3v) is 4.74. The minimum Gasteiger partial charge on any atom is -0.494 e. The average Bonchev–Trinajstić information content (AvgIpc) is 3.12. The summed E-state index contributed by atoms with van der Waals surface area (Å²) in [6, 6.07) is 17.4. The van der Waals surface area contributed by atoms with E-state index in [0.29, 0.717) is 22.2 Å². The zero-order valence-electron chi connectivity index (χ0n) is 13.6. The summed E-state index contributed by atoms with van der Waals surface area (Å²) in [4.78, 5) is 4.60. The van der Waals surface area contributed by atoms with Crippen LogP contribution < -0.4 is 4.74 Å². The van der Waals surface area contributed by atoms with Crippen LogP contribution in [0.5, 0.6) is 5.75 Å². The maximum atomic E-state index is 9.50. The number of hydrogen-bond donors (Lipinski definition) is 0. The van der Waals surface area contributed by atoms with Crippen LogP contribution in [-0.2, 0) is 0 Å². The van der Waals surface area contributed by atoms with Gasteiger partial charge in [0.25, 0.3) is 0 Å². The van der Waals surface area contributed by atoms with Crippen LogP contribution in [0, 0.1) is 11.3 Å². The van der Waals surface area contributed by atoms with Crippen molar-refractivity contribution in [3.63, 3.8) is 0 Å². The second kappa shape index (κ2) is 7.98. The molecule has 0 saturated carbocycles. The van der Waals surface area contributed by atoms with Crippen molar-refractivity contribution in [2.75, 3.05) is 6.61 Å². The van der Waals surface area contributed by atoms with Crippen molar-refractivity contribution in [2.45, 2.75) is 6.92 Å². The molecule has 0 saturated heterocycles. The summed E-state index contributed by atoms with van der Waals surface area (Å²) >= 11 is 7.61. The Bertz CT molecular complexity index is 939. The summed E-state index contributed by atoms with van der Waals surface area (Å²) in [6.07, 6.45) is 1.77. The van der Waals surface area contributed by atoms with Crippen LogP contribution in [0.1, 0.15) is 17.5 Å². The zero-order chi connectivity index (χ0) is 17.6. The van der Waals surface area contributed by atoms with Crippen molar-refractivity contribution in [1.82, 2.24) is 4.98 Å². The lowest BCUT2D eigenvalue weighted by molar-refractivity contribution is 0.340. The number of nitriles is 1. The molecular formula is C20H15ClN2OS. The van der Waals surface area contributed by atoms with Gasteiger partial charge in [-0.15, -0.1) is 11.3 Å². The SMILES string of the molecule is CCOc1ccc(-c2csc(/C(C#N)=C\c3ccccc3Cl)n2)cc1. The minimum atomic E-state index is 0.496. The molecule has 1 aromatic heterocycles. The molecule has 0 amide bonds. The summed E-state index contributed by atoms with van der Waals surface area (Å²) in [5.41, 5.74) is 3.12. The van der Waals surface area contributed by atoms with Gasteiger partial charge in [-0.1, -0.05) is 29.8 Å². The van der Waals surface area contributed by atoms with Crippen LogP contribution in [0.25, 0.3) is 22.9 Å². The summed E-state index contributed by atoms with van der Waals surface area (Å²) < 4.78 is 5.45. The Morgan fingerprint density at radius 3 is 2.68 bits per heavy atom. The first kappa shape index (κ1) is 17.2. The number of allylic oxidation sites excluding steroid dienone is 1. The standard InChI is InChI=1S/C20H15ClN2OS/c1-2-24-17-9-7-14(8-10-17)19-13-25-20(23-19)16(12-22)11-15-5-3-4-6-18(15)21/h3-11,13H,2H2,1H3/b16-11-. The molecule has 0 radical (unpaired) electrons. The molecule has 0 aliphatic heterocycles. The molecule has 3 aromatic rings. The molecule has 0 N–H and O–H groups in total. The molecule has 0 bridgehead atoms. The number of halogens is 1. The van der Waals surface area contributed by atoms with Gasteiger partial charge in [0, 0.05) is 16.0 Å². The Kier molecular flexibility index (Phi) is 5.49. The Balaban J connectivity index is 1.89. The van der Waals surface area contributed by atoms with E-state index >= 15 is 0 Å². The highest BCUT2D eigenvalue weighted by Crippen LogP contribution is 2.29. The first-order valence-electron chi connectivity index (χ1n) is 7.76. The Morgan fingerprint density at radius 1 is 1.24 bits per heavy atom. The lowest BCUT2D eigenvalue weighted by Gasteiger charge is -2.03. The number of ether oxygens (including phenoxy) is 1. The van der Waals surface area contributed by atoms with E-state index in [2.05, 4.69) is 11.1 Å². The van der Waals surface area contributed by atoms with Crippen molar-refractivity contribution in [2.24, 2.45) is 0 Å². The lowest BCUT2D eigenvalue weighted by atomic mass is 10.1. The molecule has 2 aromatic carbocycles. The van der Waals surface area contributed by atoms with Gasteiger partial charge in [0.2, 0.25) is 0 Å². The van der Waals surface area contributed by atoms with Gasteiger partial charge in [0.1, 0.15) is 16.8 Å². The molecule has 0 atom stereocenters. The third kappa shape index (κ3) is 4.08. The van der Waals surface area contributed by atoms with E-state index in [4.69, 9.17) is 16.3 Å². The Hall–Kier alpha value is -2.61. The fourth-order valence-corrected chi connectivity index (χ4v) is 3.29. The zero-order valence-corrected chi connectivity index (χ0v) is 15.1. The van der Waals surface area contributed by atoms with E-state index < -0.39 is 0 Å². The Labute approximate surface area is 155 Å². The van der Waals surface area contributed by atoms with E-state index in [-0.39, 0.29) is 0 Å². The second-order valence-electron chi connectivity index (χ2n) is 5.19. The molecule has 3 nitrogen and oxygen atoms in total. The molecule has 124 valence electrons. The number of rotatable bonds is 5. The van der Waals surface area contributed by atoms with Crippen LogP contribution in [0.2, 0.25) is 5.02 Å². The van der Waals surface area contributed by atoms with Crippen LogP contribution in [0.3, 0.4) is 0 Å². The molecule has 1 heterocycles. The van der Waals surface area contributed by atoms with E-state index in [1.54, 1.807) is 12.1 Å². The minimum absolute atomic E-state index is 0.496. The molecule has 3 rings (SSSR count). The maximum Gasteiger partial charge on any atom is 0.134 e. The first-order chi connectivity index (χ1) is 12.2. The molecular weight excluding hydrogens is 352 g/mol. The lowest BCUT2D eigenvalue weighted by Crippen LogP contribution is -1.90. The van der Waals surface area contributed by atoms with Gasteiger partial charge in [-0.3, -0.25) is 0 Å². The number of aromatic nitrogens is 1. The summed E-state index contributed by atoms with van der Waals surface area (Å²) in [7, 11) is 0. The number of nitrogens with zero attached hydrogens (tertiary/aromatic N) is 2. The van der Waals surface area contributed by atoms with Crippen molar-refractivity contribution < 1.29 is 4.74 Å². The van der Waals surface area contributed by atoms with Crippen molar-refractivity contribution in [1.29, 1.82) is 5.26 Å². The predicted molar refractivity (Wildman–Crippen MR) is 104 cm³/mol. The van der Waals surface area contributed by atoms with Gasteiger partial charge < -0.3 is 4.74 Å². The molecule has 25 heavy (non-hydrogen) atoms. The second-order valence-corrected chi connectivity index (χ2v) is 6.45. The van der Waals surface area contributed by atoms with Gasteiger partial charge in [0.15, 0.2) is 0 Å². The van der Waals surface area contributed by atoms with E-state index in [0.717, 1.165) is 22.6 Å². The smallest absolute Gasteiger partial charge is 0.134 e. The third-order valence-electron chi connectivity index (χ3n) is 3.52. The van der Waals surface area contributed by atoms with Crippen molar-refractivity contribution >= 4 is 34.6 Å². The van der Waals surface area contributed by atoms with Crippen LogP contribution >= 0.6 is 22.9 Å². The summed E-state index contributed by atoms with van der Waals surface area (Å²) in [6.45, 7) is 2.59. The van der Waals surface area contributed by atoms with Gasteiger partial charge >= 0.3 is 0 Å². The monoisotopic (exact) mass is 366 g/mol. The fourth-order valence-electron chi connectivity index (χ4n) is 2.31. The molecule has 0 spiro atoms. The first-order valence-corrected chi connectivity index (χ1v) is 9.02. The average molecular weight is 367 g/mol. The molecule has 5 heteroatoms. The highest BCUT2D eigenvalue weighted by atomic mass is 35.5. The maximum absolute atomic E-state index is 9.50. The Morgan fingerprint density at radius 2 is 2.00 bits per heavy atom. The van der Waals surface area contributed by atoms with Crippen LogP contribution in [-0.4, -0.2) is 11.6 Å². The largest absolute Gasteiger partial charge is 0.494 e. The highest BCUT2D eigenvalue weighted by Gasteiger charge is 2.10. The number of thiazole rings is 1. The van der Waals surface area contributed by atoms with Gasteiger partial charge in [-0.25, -0.2) is 4.98 Å². The van der Waals surface area contributed by atoms with E-state index in [1.165, 1.54) is 11.3 Å². The van der Waals surface area contributed by atoms with Crippen LogP contribution in [0.15, 0.2) is 53.9 Å². The molecule has 0 aliphatic carbocycles. The van der Waals surface area contributed by atoms with E-state index in [9.17, 15) is 5.26 Å². The number of benzene rings is 2. The van der Waals surface area contributed by atoms with E-state index in [1.807, 2.05) is 54.8 Å². The summed E-state index contributed by atoms with van der Waals surface area (Å²) in [5.74, 6) is 0.832. The quantitative estimate of drug-likeness (QED) is 0.526. The molecule has 0 fully saturated rings. The van der Waals surface area contributed by atoms with Gasteiger partial charge in [0.05, 0.1) is 17.9 Å². The molecule has 0 unspecified atom stereocenters. The number of hydrogen-bond acceptors (Lipinski definition) is 4. The van der Waals surface area contributed by atoms with Gasteiger partial charge in [-0.2, -0.15) is 5.26 Å². The fraction of sp³-hybridized carbons (Fsp3) is 0.100. The van der Waals surface area contributed by atoms with Gasteiger partial charge in [-0.05, 0) is 48.9 Å².